The maximum Gasteiger partial charge on any atom is 0.118 e. The Bertz CT molecular complexity index is 328. The first-order valence-corrected chi connectivity index (χ1v) is 6.91. The van der Waals surface area contributed by atoms with Gasteiger partial charge in [-0.1, -0.05) is 38.3 Å². The van der Waals surface area contributed by atoms with Gasteiger partial charge in [0.25, 0.3) is 0 Å². The molecule has 17 heavy (non-hydrogen) atoms. The molecular formula is C16H24O. The SMILES string of the molecule is COc1ccc(CCC2CCCC(C)C2)cc1. The molecule has 0 aliphatic heterocycles. The fraction of sp³-hybridized carbons (Fsp3) is 0.625. The van der Waals surface area contributed by atoms with Crippen LogP contribution in [-0.2, 0) is 6.42 Å². The van der Waals surface area contributed by atoms with Crippen molar-refractivity contribution in [3.05, 3.63) is 29.8 Å². The molecule has 1 aromatic rings. The van der Waals surface area contributed by atoms with Gasteiger partial charge in [-0.3, -0.25) is 0 Å². The van der Waals surface area contributed by atoms with Crippen molar-refractivity contribution < 1.29 is 4.74 Å². The van der Waals surface area contributed by atoms with Gasteiger partial charge in [-0.25, -0.2) is 0 Å². The Hall–Kier alpha value is -0.980. The fourth-order valence-corrected chi connectivity index (χ4v) is 2.98. The van der Waals surface area contributed by atoms with Gasteiger partial charge >= 0.3 is 0 Å². The van der Waals surface area contributed by atoms with Gasteiger partial charge in [-0.05, 0) is 48.8 Å². The van der Waals surface area contributed by atoms with E-state index in [-0.39, 0.29) is 0 Å². The van der Waals surface area contributed by atoms with Crippen LogP contribution in [0.4, 0.5) is 0 Å². The summed E-state index contributed by atoms with van der Waals surface area (Å²) in [5.74, 6) is 2.87. The molecule has 0 spiro atoms. The Morgan fingerprint density at radius 3 is 2.59 bits per heavy atom. The van der Waals surface area contributed by atoms with Gasteiger partial charge in [0.1, 0.15) is 5.75 Å². The summed E-state index contributed by atoms with van der Waals surface area (Å²) in [6.07, 6.45) is 8.35. The predicted molar refractivity (Wildman–Crippen MR) is 72.4 cm³/mol. The topological polar surface area (TPSA) is 9.23 Å². The summed E-state index contributed by atoms with van der Waals surface area (Å²) in [4.78, 5) is 0. The Morgan fingerprint density at radius 1 is 1.18 bits per heavy atom. The van der Waals surface area contributed by atoms with Gasteiger partial charge in [0, 0.05) is 0 Å². The molecule has 2 atom stereocenters. The predicted octanol–water partition coefficient (Wildman–Crippen LogP) is 4.45. The average molecular weight is 232 g/mol. The van der Waals surface area contributed by atoms with E-state index in [4.69, 9.17) is 4.74 Å². The molecule has 0 aromatic heterocycles. The highest BCUT2D eigenvalue weighted by atomic mass is 16.5. The van der Waals surface area contributed by atoms with E-state index >= 15 is 0 Å². The van der Waals surface area contributed by atoms with Gasteiger partial charge in [-0.2, -0.15) is 0 Å². The van der Waals surface area contributed by atoms with E-state index in [1.54, 1.807) is 7.11 Å². The molecule has 0 amide bonds. The third-order valence-corrected chi connectivity index (χ3v) is 4.05. The maximum atomic E-state index is 5.18. The second-order valence-electron chi connectivity index (χ2n) is 5.52. The Morgan fingerprint density at radius 2 is 1.94 bits per heavy atom. The molecule has 2 rings (SSSR count). The third-order valence-electron chi connectivity index (χ3n) is 4.05. The van der Waals surface area contributed by atoms with Gasteiger partial charge in [-0.15, -0.1) is 0 Å². The molecule has 0 bridgehead atoms. The number of methoxy groups -OCH3 is 1. The lowest BCUT2D eigenvalue weighted by Crippen LogP contribution is -2.13. The van der Waals surface area contributed by atoms with Crippen LogP contribution in [-0.4, -0.2) is 7.11 Å². The molecule has 1 aliphatic rings. The van der Waals surface area contributed by atoms with Gasteiger partial charge in [0.05, 0.1) is 7.11 Å². The van der Waals surface area contributed by atoms with E-state index < -0.39 is 0 Å². The van der Waals surface area contributed by atoms with Crippen LogP contribution in [0.3, 0.4) is 0 Å². The number of aryl methyl sites for hydroxylation is 1. The molecule has 0 radical (unpaired) electrons. The van der Waals surface area contributed by atoms with Crippen molar-refractivity contribution in [2.24, 2.45) is 11.8 Å². The van der Waals surface area contributed by atoms with Crippen molar-refractivity contribution in [3.63, 3.8) is 0 Å². The van der Waals surface area contributed by atoms with Crippen molar-refractivity contribution >= 4 is 0 Å². The van der Waals surface area contributed by atoms with Crippen molar-refractivity contribution in [1.29, 1.82) is 0 Å². The van der Waals surface area contributed by atoms with Crippen LogP contribution in [0.5, 0.6) is 5.75 Å². The molecule has 94 valence electrons. The minimum absolute atomic E-state index is 0.949. The van der Waals surface area contributed by atoms with E-state index in [2.05, 4.69) is 31.2 Å². The lowest BCUT2D eigenvalue weighted by atomic mass is 9.80. The minimum atomic E-state index is 0.949. The summed E-state index contributed by atoms with van der Waals surface area (Å²) in [5, 5.41) is 0. The second-order valence-corrected chi connectivity index (χ2v) is 5.52. The van der Waals surface area contributed by atoms with Crippen LogP contribution in [0.15, 0.2) is 24.3 Å². The lowest BCUT2D eigenvalue weighted by Gasteiger charge is -2.26. The normalized spacial score (nSPS) is 24.6. The number of ether oxygens (including phenoxy) is 1. The fourth-order valence-electron chi connectivity index (χ4n) is 2.98. The maximum absolute atomic E-state index is 5.18. The van der Waals surface area contributed by atoms with Crippen LogP contribution in [0.1, 0.15) is 44.6 Å². The zero-order valence-corrected chi connectivity index (χ0v) is 11.1. The van der Waals surface area contributed by atoms with E-state index in [0.29, 0.717) is 0 Å². The highest BCUT2D eigenvalue weighted by Crippen LogP contribution is 2.31. The number of hydrogen-bond acceptors (Lipinski definition) is 1. The van der Waals surface area contributed by atoms with E-state index in [1.165, 1.54) is 44.1 Å². The Balaban J connectivity index is 1.80. The molecule has 1 fully saturated rings. The Kier molecular flexibility index (Phi) is 4.47. The highest BCUT2D eigenvalue weighted by molar-refractivity contribution is 5.27. The summed E-state index contributed by atoms with van der Waals surface area (Å²) in [6, 6.07) is 8.54. The average Bonchev–Trinajstić information content (AvgIpc) is 2.37. The second kappa shape index (κ2) is 6.09. The van der Waals surface area contributed by atoms with Crippen molar-refractivity contribution in [2.75, 3.05) is 7.11 Å². The first kappa shape index (κ1) is 12.5. The van der Waals surface area contributed by atoms with E-state index in [1.807, 2.05) is 0 Å². The molecule has 1 aromatic carbocycles. The van der Waals surface area contributed by atoms with Crippen molar-refractivity contribution in [3.8, 4) is 5.75 Å². The van der Waals surface area contributed by atoms with Crippen LogP contribution in [0, 0.1) is 11.8 Å². The van der Waals surface area contributed by atoms with Crippen molar-refractivity contribution in [2.45, 2.75) is 45.4 Å². The first-order valence-electron chi connectivity index (χ1n) is 6.91. The van der Waals surface area contributed by atoms with E-state index in [9.17, 15) is 0 Å². The highest BCUT2D eigenvalue weighted by Gasteiger charge is 2.18. The molecule has 0 N–H and O–H groups in total. The molecule has 1 aliphatic carbocycles. The smallest absolute Gasteiger partial charge is 0.118 e. The van der Waals surface area contributed by atoms with Crippen LogP contribution >= 0.6 is 0 Å². The monoisotopic (exact) mass is 232 g/mol. The summed E-state index contributed by atoms with van der Waals surface area (Å²) in [5.41, 5.74) is 1.45. The summed E-state index contributed by atoms with van der Waals surface area (Å²) in [7, 11) is 1.72. The zero-order chi connectivity index (χ0) is 12.1. The first-order chi connectivity index (χ1) is 8.28. The number of benzene rings is 1. The van der Waals surface area contributed by atoms with Gasteiger partial charge < -0.3 is 4.74 Å². The standard InChI is InChI=1S/C16H24O/c1-13-4-3-5-15(12-13)7-6-14-8-10-16(17-2)11-9-14/h8-11,13,15H,3-7,12H2,1-2H3. The third kappa shape index (κ3) is 3.76. The molecular weight excluding hydrogens is 208 g/mol. The van der Waals surface area contributed by atoms with Crippen molar-refractivity contribution in [1.82, 2.24) is 0 Å². The molecule has 0 saturated heterocycles. The summed E-state index contributed by atoms with van der Waals surface area (Å²) in [6.45, 7) is 2.40. The largest absolute Gasteiger partial charge is 0.497 e. The van der Waals surface area contributed by atoms with Crippen LogP contribution in [0.25, 0.3) is 0 Å². The molecule has 1 saturated carbocycles. The quantitative estimate of drug-likeness (QED) is 0.745. The summed E-state index contributed by atoms with van der Waals surface area (Å²) < 4.78 is 5.18. The molecule has 0 heterocycles. The van der Waals surface area contributed by atoms with Gasteiger partial charge in [0.2, 0.25) is 0 Å². The molecule has 1 heteroatoms. The van der Waals surface area contributed by atoms with Crippen LogP contribution in [0.2, 0.25) is 0 Å². The van der Waals surface area contributed by atoms with E-state index in [0.717, 1.165) is 17.6 Å². The lowest BCUT2D eigenvalue weighted by molar-refractivity contribution is 0.270. The van der Waals surface area contributed by atoms with Crippen LogP contribution < -0.4 is 4.74 Å². The summed E-state index contributed by atoms with van der Waals surface area (Å²) >= 11 is 0. The zero-order valence-electron chi connectivity index (χ0n) is 11.1. The molecule has 2 unspecified atom stereocenters. The van der Waals surface area contributed by atoms with Gasteiger partial charge in [0.15, 0.2) is 0 Å². The number of rotatable bonds is 4. The molecule has 1 nitrogen and oxygen atoms in total. The minimum Gasteiger partial charge on any atom is -0.497 e. The number of hydrogen-bond donors (Lipinski definition) is 0. The Labute approximate surface area is 105 Å².